The summed E-state index contributed by atoms with van der Waals surface area (Å²) in [6.45, 7) is 1.00. The average Bonchev–Trinajstić information content (AvgIpc) is 2.86. The van der Waals surface area contributed by atoms with E-state index >= 15 is 0 Å². The van der Waals surface area contributed by atoms with E-state index in [9.17, 15) is 5.11 Å². The molecular weight excluding hydrogens is 392 g/mol. The average molecular weight is 406 g/mol. The number of ether oxygens (including phenoxy) is 2. The van der Waals surface area contributed by atoms with Gasteiger partial charge in [-0.05, 0) is 55.6 Å². The Bertz CT molecular complexity index is 568. The number of hydrogen-bond acceptors (Lipinski definition) is 4. The molecule has 2 aromatic rings. The highest BCUT2D eigenvalue weighted by Gasteiger charge is 2.17. The topological polar surface area (TPSA) is 51.8 Å². The Labute approximate surface area is 133 Å². The summed E-state index contributed by atoms with van der Waals surface area (Å²) in [7, 11) is 1.63. The summed E-state index contributed by atoms with van der Waals surface area (Å²) < 4.78 is 16.9. The molecule has 1 aromatic heterocycles. The molecule has 0 fully saturated rings. The van der Waals surface area contributed by atoms with Gasteiger partial charge < -0.3 is 19.0 Å². The molecular formula is C14H14Br2O4. The Kier molecular flexibility index (Phi) is 5.65. The van der Waals surface area contributed by atoms with Crippen molar-refractivity contribution in [3.63, 3.8) is 0 Å². The van der Waals surface area contributed by atoms with Crippen molar-refractivity contribution in [1.82, 2.24) is 0 Å². The molecule has 0 aliphatic heterocycles. The lowest BCUT2D eigenvalue weighted by atomic mass is 10.0. The van der Waals surface area contributed by atoms with Gasteiger partial charge in [0.2, 0.25) is 0 Å². The van der Waals surface area contributed by atoms with Crippen molar-refractivity contribution in [1.29, 1.82) is 0 Å². The van der Waals surface area contributed by atoms with E-state index in [1.165, 1.54) is 6.26 Å². The third kappa shape index (κ3) is 3.63. The van der Waals surface area contributed by atoms with Gasteiger partial charge >= 0.3 is 0 Å². The highest BCUT2D eigenvalue weighted by atomic mass is 79.9. The van der Waals surface area contributed by atoms with Gasteiger partial charge in [0.25, 0.3) is 0 Å². The predicted octanol–water partition coefficient (Wildman–Crippen LogP) is 3.91. The Morgan fingerprint density at radius 2 is 2.05 bits per heavy atom. The first-order valence-electron chi connectivity index (χ1n) is 5.95. The zero-order valence-electron chi connectivity index (χ0n) is 10.8. The molecule has 0 amide bonds. The van der Waals surface area contributed by atoms with Crippen molar-refractivity contribution in [3.8, 4) is 5.75 Å². The number of rotatable bonds is 6. The smallest absolute Gasteiger partial charge is 0.175 e. The minimum Gasteiger partial charge on any atom is -0.490 e. The number of aliphatic hydroxyl groups is 1. The Balaban J connectivity index is 2.14. The lowest BCUT2D eigenvalue weighted by Crippen LogP contribution is -2.05. The minimum absolute atomic E-state index is 0.476. The molecule has 4 nitrogen and oxygen atoms in total. The van der Waals surface area contributed by atoms with Gasteiger partial charge in [-0.25, -0.2) is 0 Å². The van der Waals surface area contributed by atoms with E-state index in [0.717, 1.165) is 10.0 Å². The van der Waals surface area contributed by atoms with E-state index in [2.05, 4.69) is 31.9 Å². The molecule has 0 saturated heterocycles. The van der Waals surface area contributed by atoms with Gasteiger partial charge in [0.05, 0.1) is 17.3 Å². The fraction of sp³-hybridized carbons (Fsp3) is 0.286. The van der Waals surface area contributed by atoms with Crippen molar-refractivity contribution in [2.24, 2.45) is 0 Å². The summed E-state index contributed by atoms with van der Waals surface area (Å²) >= 11 is 6.70. The van der Waals surface area contributed by atoms with Crippen molar-refractivity contribution in [3.05, 3.63) is 50.8 Å². The zero-order valence-corrected chi connectivity index (χ0v) is 14.0. The highest BCUT2D eigenvalue weighted by molar-refractivity contribution is 9.10. The molecule has 1 heterocycles. The molecule has 2 rings (SSSR count). The van der Waals surface area contributed by atoms with Gasteiger partial charge in [-0.2, -0.15) is 0 Å². The van der Waals surface area contributed by atoms with Crippen LogP contribution in [0, 0.1) is 0 Å². The number of methoxy groups -OCH3 is 1. The summed E-state index contributed by atoms with van der Waals surface area (Å²) in [5.74, 6) is 0.712. The van der Waals surface area contributed by atoms with E-state index in [4.69, 9.17) is 13.9 Å². The second-order valence-electron chi connectivity index (χ2n) is 4.08. The maximum absolute atomic E-state index is 10.3. The van der Waals surface area contributed by atoms with E-state index in [1.807, 2.05) is 18.2 Å². The van der Waals surface area contributed by atoms with E-state index in [-0.39, 0.29) is 0 Å². The normalized spacial score (nSPS) is 12.4. The summed E-state index contributed by atoms with van der Waals surface area (Å²) in [5.41, 5.74) is 1.43. The van der Waals surface area contributed by atoms with Gasteiger partial charge in [-0.15, -0.1) is 0 Å². The van der Waals surface area contributed by atoms with Crippen LogP contribution in [0.1, 0.15) is 17.2 Å². The Morgan fingerprint density at radius 1 is 1.25 bits per heavy atom. The van der Waals surface area contributed by atoms with E-state index in [0.29, 0.717) is 29.2 Å². The lowest BCUT2D eigenvalue weighted by Gasteiger charge is -2.13. The van der Waals surface area contributed by atoms with Crippen LogP contribution < -0.4 is 4.74 Å². The molecule has 0 radical (unpaired) electrons. The molecule has 1 unspecified atom stereocenters. The lowest BCUT2D eigenvalue weighted by molar-refractivity contribution is 0.146. The van der Waals surface area contributed by atoms with Gasteiger partial charge in [0.1, 0.15) is 18.5 Å². The molecule has 20 heavy (non-hydrogen) atoms. The standard InChI is InChI=1S/C14H14Br2O4/c1-18-6-7-19-12-3-2-9(8-11(12)15)13(17)10-4-5-20-14(10)16/h2-5,8,13,17H,6-7H2,1H3. The van der Waals surface area contributed by atoms with Crippen LogP contribution in [0.4, 0.5) is 0 Å². The largest absolute Gasteiger partial charge is 0.490 e. The van der Waals surface area contributed by atoms with E-state index in [1.54, 1.807) is 13.2 Å². The van der Waals surface area contributed by atoms with Crippen LogP contribution in [0.3, 0.4) is 0 Å². The Morgan fingerprint density at radius 3 is 2.65 bits per heavy atom. The van der Waals surface area contributed by atoms with Crippen LogP contribution in [0.5, 0.6) is 5.75 Å². The predicted molar refractivity (Wildman–Crippen MR) is 82.0 cm³/mol. The number of hydrogen-bond donors (Lipinski definition) is 1. The molecule has 0 bridgehead atoms. The van der Waals surface area contributed by atoms with Crippen LogP contribution in [0.25, 0.3) is 0 Å². The fourth-order valence-electron chi connectivity index (χ4n) is 1.72. The molecule has 0 saturated carbocycles. The molecule has 0 aliphatic carbocycles. The highest BCUT2D eigenvalue weighted by Crippen LogP contribution is 2.33. The van der Waals surface area contributed by atoms with Crippen molar-refractivity contribution >= 4 is 31.9 Å². The van der Waals surface area contributed by atoms with Gasteiger partial charge in [-0.1, -0.05) is 6.07 Å². The molecule has 1 atom stereocenters. The maximum Gasteiger partial charge on any atom is 0.175 e. The summed E-state index contributed by atoms with van der Waals surface area (Å²) in [5, 5.41) is 10.3. The first-order chi connectivity index (χ1) is 9.63. The van der Waals surface area contributed by atoms with E-state index < -0.39 is 6.10 Å². The molecule has 0 spiro atoms. The quantitative estimate of drug-likeness (QED) is 0.740. The number of aliphatic hydroxyl groups excluding tert-OH is 1. The molecule has 1 N–H and O–H groups in total. The van der Waals surface area contributed by atoms with Gasteiger partial charge in [-0.3, -0.25) is 0 Å². The maximum atomic E-state index is 10.3. The minimum atomic E-state index is -0.757. The molecule has 1 aromatic carbocycles. The monoisotopic (exact) mass is 404 g/mol. The van der Waals surface area contributed by atoms with Crippen LogP contribution in [-0.2, 0) is 4.74 Å². The second-order valence-corrected chi connectivity index (χ2v) is 5.66. The SMILES string of the molecule is COCCOc1ccc(C(O)c2ccoc2Br)cc1Br. The Hall–Kier alpha value is -0.820. The number of benzene rings is 1. The zero-order chi connectivity index (χ0) is 14.5. The first-order valence-corrected chi connectivity index (χ1v) is 7.54. The fourth-order valence-corrected chi connectivity index (χ4v) is 2.69. The van der Waals surface area contributed by atoms with Crippen molar-refractivity contribution in [2.75, 3.05) is 20.3 Å². The number of halogens is 2. The van der Waals surface area contributed by atoms with Crippen molar-refractivity contribution in [2.45, 2.75) is 6.10 Å². The van der Waals surface area contributed by atoms with Gasteiger partial charge in [0, 0.05) is 12.7 Å². The molecule has 0 aliphatic rings. The van der Waals surface area contributed by atoms with Crippen LogP contribution in [-0.4, -0.2) is 25.4 Å². The summed E-state index contributed by atoms with van der Waals surface area (Å²) in [6.07, 6.45) is 0.771. The van der Waals surface area contributed by atoms with Crippen LogP contribution in [0.2, 0.25) is 0 Å². The summed E-state index contributed by atoms with van der Waals surface area (Å²) in [6, 6.07) is 7.18. The number of furan rings is 1. The third-order valence-corrected chi connectivity index (χ3v) is 4.02. The van der Waals surface area contributed by atoms with Gasteiger partial charge in [0.15, 0.2) is 4.67 Å². The first kappa shape index (κ1) is 15.6. The molecule has 108 valence electrons. The van der Waals surface area contributed by atoms with Crippen LogP contribution >= 0.6 is 31.9 Å². The van der Waals surface area contributed by atoms with Crippen molar-refractivity contribution < 1.29 is 19.0 Å². The van der Waals surface area contributed by atoms with Crippen LogP contribution in [0.15, 0.2) is 44.1 Å². The second kappa shape index (κ2) is 7.26. The molecule has 6 heteroatoms. The summed E-state index contributed by atoms with van der Waals surface area (Å²) in [4.78, 5) is 0. The third-order valence-electron chi connectivity index (χ3n) is 2.76.